The van der Waals surface area contributed by atoms with Gasteiger partial charge in [0.05, 0.1) is 6.20 Å². The molecule has 0 radical (unpaired) electrons. The van der Waals surface area contributed by atoms with Gasteiger partial charge in [0, 0.05) is 25.6 Å². The third-order valence-electron chi connectivity index (χ3n) is 3.78. The van der Waals surface area contributed by atoms with Gasteiger partial charge in [0.1, 0.15) is 11.5 Å². The number of aromatic nitrogens is 2. The van der Waals surface area contributed by atoms with Crippen LogP contribution in [-0.4, -0.2) is 32.9 Å². The largest absolute Gasteiger partial charge is 0.335 e. The van der Waals surface area contributed by atoms with Crippen molar-refractivity contribution in [2.45, 2.75) is 51.6 Å². The summed E-state index contributed by atoms with van der Waals surface area (Å²) in [6.07, 6.45) is 7.49. The SMILES string of the molecule is CCN(C(=O)c1cnc2n1CCCC2)C1CC1. The van der Waals surface area contributed by atoms with Gasteiger partial charge in [-0.2, -0.15) is 0 Å². The lowest BCUT2D eigenvalue weighted by atomic mass is 10.1. The average molecular weight is 233 g/mol. The summed E-state index contributed by atoms with van der Waals surface area (Å²) in [5.41, 5.74) is 0.799. The molecule has 92 valence electrons. The van der Waals surface area contributed by atoms with Gasteiger partial charge in [0.15, 0.2) is 0 Å². The third-order valence-corrected chi connectivity index (χ3v) is 3.78. The highest BCUT2D eigenvalue weighted by Gasteiger charge is 2.33. The molecule has 0 aromatic carbocycles. The zero-order valence-corrected chi connectivity index (χ0v) is 10.4. The van der Waals surface area contributed by atoms with Crippen LogP contribution in [0.3, 0.4) is 0 Å². The third kappa shape index (κ3) is 1.85. The van der Waals surface area contributed by atoms with E-state index in [-0.39, 0.29) is 5.91 Å². The molecule has 0 spiro atoms. The summed E-state index contributed by atoms with van der Waals surface area (Å²) in [6, 6.07) is 0.488. The fourth-order valence-corrected chi connectivity index (χ4v) is 2.69. The smallest absolute Gasteiger partial charge is 0.272 e. The highest BCUT2D eigenvalue weighted by atomic mass is 16.2. The number of hydrogen-bond acceptors (Lipinski definition) is 2. The number of fused-ring (bicyclic) bond motifs is 1. The van der Waals surface area contributed by atoms with Crippen molar-refractivity contribution in [3.05, 3.63) is 17.7 Å². The van der Waals surface area contributed by atoms with Gasteiger partial charge >= 0.3 is 0 Å². The predicted octanol–water partition coefficient (Wildman–Crippen LogP) is 1.84. The minimum atomic E-state index is 0.177. The Bertz CT molecular complexity index is 434. The summed E-state index contributed by atoms with van der Waals surface area (Å²) >= 11 is 0. The first-order chi connectivity index (χ1) is 8.31. The van der Waals surface area contributed by atoms with E-state index in [0.29, 0.717) is 6.04 Å². The Kier molecular flexibility index (Phi) is 2.65. The van der Waals surface area contributed by atoms with Gasteiger partial charge in [0.2, 0.25) is 0 Å². The lowest BCUT2D eigenvalue weighted by Gasteiger charge is -2.22. The Balaban J connectivity index is 1.87. The molecule has 1 aliphatic carbocycles. The van der Waals surface area contributed by atoms with E-state index < -0.39 is 0 Å². The van der Waals surface area contributed by atoms with Crippen molar-refractivity contribution < 1.29 is 4.79 Å². The molecule has 0 N–H and O–H groups in total. The number of rotatable bonds is 3. The highest BCUT2D eigenvalue weighted by Crippen LogP contribution is 2.28. The molecule has 4 heteroatoms. The summed E-state index contributed by atoms with van der Waals surface area (Å²) < 4.78 is 2.12. The van der Waals surface area contributed by atoms with Crippen LogP contribution in [-0.2, 0) is 13.0 Å². The molecule has 1 aromatic rings. The molecular formula is C13H19N3O. The Labute approximate surface area is 102 Å². The molecule has 17 heavy (non-hydrogen) atoms. The van der Waals surface area contributed by atoms with Crippen LogP contribution in [0.25, 0.3) is 0 Å². The lowest BCUT2D eigenvalue weighted by molar-refractivity contribution is 0.0740. The van der Waals surface area contributed by atoms with Crippen LogP contribution >= 0.6 is 0 Å². The second-order valence-corrected chi connectivity index (χ2v) is 4.99. The number of aryl methyl sites for hydroxylation is 1. The van der Waals surface area contributed by atoms with Gasteiger partial charge in [-0.3, -0.25) is 4.79 Å². The van der Waals surface area contributed by atoms with E-state index in [0.717, 1.165) is 31.0 Å². The second kappa shape index (κ2) is 4.17. The fourth-order valence-electron chi connectivity index (χ4n) is 2.69. The molecule has 1 amide bonds. The quantitative estimate of drug-likeness (QED) is 0.799. The predicted molar refractivity (Wildman–Crippen MR) is 64.9 cm³/mol. The zero-order valence-electron chi connectivity index (χ0n) is 10.4. The van der Waals surface area contributed by atoms with Crippen molar-refractivity contribution in [3.63, 3.8) is 0 Å². The second-order valence-electron chi connectivity index (χ2n) is 4.99. The van der Waals surface area contributed by atoms with E-state index in [9.17, 15) is 4.79 Å². The van der Waals surface area contributed by atoms with E-state index >= 15 is 0 Å². The maximum absolute atomic E-state index is 12.5. The molecule has 1 aromatic heterocycles. The summed E-state index contributed by atoms with van der Waals surface area (Å²) in [5, 5.41) is 0. The maximum atomic E-state index is 12.5. The molecule has 1 saturated carbocycles. The van der Waals surface area contributed by atoms with E-state index in [1.54, 1.807) is 6.20 Å². The first-order valence-electron chi connectivity index (χ1n) is 6.66. The van der Waals surface area contributed by atoms with Crippen molar-refractivity contribution in [1.29, 1.82) is 0 Å². The number of hydrogen-bond donors (Lipinski definition) is 0. The Morgan fingerprint density at radius 3 is 3.06 bits per heavy atom. The lowest BCUT2D eigenvalue weighted by Crippen LogP contribution is -2.34. The van der Waals surface area contributed by atoms with Gasteiger partial charge in [-0.25, -0.2) is 4.98 Å². The van der Waals surface area contributed by atoms with Crippen molar-refractivity contribution in [2.75, 3.05) is 6.54 Å². The van der Waals surface area contributed by atoms with Crippen molar-refractivity contribution >= 4 is 5.91 Å². The first-order valence-corrected chi connectivity index (χ1v) is 6.66. The topological polar surface area (TPSA) is 38.1 Å². The van der Waals surface area contributed by atoms with Gasteiger partial charge in [-0.1, -0.05) is 0 Å². The normalized spacial score (nSPS) is 18.9. The fraction of sp³-hybridized carbons (Fsp3) is 0.692. The van der Waals surface area contributed by atoms with Crippen LogP contribution in [0.1, 0.15) is 48.9 Å². The standard InChI is InChI=1S/C13H19N3O/c1-2-15(10-6-7-10)13(17)11-9-14-12-5-3-4-8-16(11)12/h9-10H,2-8H2,1H3. The van der Waals surface area contributed by atoms with E-state index in [1.807, 2.05) is 4.90 Å². The average Bonchev–Trinajstić information content (AvgIpc) is 3.09. The number of carbonyl (C=O) groups is 1. The number of carbonyl (C=O) groups excluding carboxylic acids is 1. The van der Waals surface area contributed by atoms with Crippen molar-refractivity contribution in [2.24, 2.45) is 0 Å². The molecular weight excluding hydrogens is 214 g/mol. The molecule has 0 unspecified atom stereocenters. The first kappa shape index (κ1) is 10.8. The van der Waals surface area contributed by atoms with E-state index in [4.69, 9.17) is 0 Å². The molecule has 4 nitrogen and oxygen atoms in total. The van der Waals surface area contributed by atoms with Crippen LogP contribution in [0, 0.1) is 0 Å². The van der Waals surface area contributed by atoms with Gasteiger partial charge in [-0.15, -0.1) is 0 Å². The summed E-state index contributed by atoms with van der Waals surface area (Å²) in [6.45, 7) is 3.83. The van der Waals surface area contributed by atoms with Crippen molar-refractivity contribution in [3.8, 4) is 0 Å². The number of nitrogens with zero attached hydrogens (tertiary/aromatic N) is 3. The van der Waals surface area contributed by atoms with Crippen LogP contribution in [0.15, 0.2) is 6.20 Å². The molecule has 0 saturated heterocycles. The van der Waals surface area contributed by atoms with Crippen LogP contribution in [0.5, 0.6) is 0 Å². The van der Waals surface area contributed by atoms with Crippen LogP contribution in [0.2, 0.25) is 0 Å². The Hall–Kier alpha value is -1.32. The zero-order chi connectivity index (χ0) is 11.8. The van der Waals surface area contributed by atoms with Gasteiger partial charge < -0.3 is 9.47 Å². The molecule has 2 aliphatic rings. The molecule has 1 fully saturated rings. The minimum Gasteiger partial charge on any atom is -0.335 e. The molecule has 0 atom stereocenters. The van der Waals surface area contributed by atoms with Crippen LogP contribution < -0.4 is 0 Å². The summed E-state index contributed by atoms with van der Waals surface area (Å²) in [7, 11) is 0. The maximum Gasteiger partial charge on any atom is 0.272 e. The minimum absolute atomic E-state index is 0.177. The summed E-state index contributed by atoms with van der Waals surface area (Å²) in [4.78, 5) is 18.8. The van der Waals surface area contributed by atoms with Crippen molar-refractivity contribution in [1.82, 2.24) is 14.5 Å². The highest BCUT2D eigenvalue weighted by molar-refractivity contribution is 5.93. The summed E-state index contributed by atoms with van der Waals surface area (Å²) in [5.74, 6) is 1.27. The molecule has 1 aliphatic heterocycles. The Morgan fingerprint density at radius 1 is 1.53 bits per heavy atom. The number of imidazole rings is 1. The molecule has 2 heterocycles. The Morgan fingerprint density at radius 2 is 2.35 bits per heavy atom. The molecule has 3 rings (SSSR count). The number of amides is 1. The van der Waals surface area contributed by atoms with E-state index in [2.05, 4.69) is 16.5 Å². The molecule has 0 bridgehead atoms. The van der Waals surface area contributed by atoms with Gasteiger partial charge in [0.25, 0.3) is 5.91 Å². The van der Waals surface area contributed by atoms with Gasteiger partial charge in [-0.05, 0) is 32.6 Å². The van der Waals surface area contributed by atoms with Crippen LogP contribution in [0.4, 0.5) is 0 Å². The monoisotopic (exact) mass is 233 g/mol. The van der Waals surface area contributed by atoms with E-state index in [1.165, 1.54) is 25.7 Å².